The Hall–Kier alpha value is -0.120. The lowest BCUT2D eigenvalue weighted by Gasteiger charge is -2.26. The number of rotatable bonds is 1. The summed E-state index contributed by atoms with van der Waals surface area (Å²) in [5.74, 6) is 0. The van der Waals surface area contributed by atoms with Crippen molar-refractivity contribution in [3.05, 3.63) is 0 Å². The molecule has 0 aromatic carbocycles. The van der Waals surface area contributed by atoms with Crippen LogP contribution in [0.5, 0.6) is 0 Å². The van der Waals surface area contributed by atoms with E-state index in [-0.39, 0.29) is 0 Å². The van der Waals surface area contributed by atoms with E-state index >= 15 is 0 Å². The molecule has 1 rings (SSSR count). The van der Waals surface area contributed by atoms with E-state index in [4.69, 9.17) is 5.73 Å². The van der Waals surface area contributed by atoms with E-state index in [0.717, 1.165) is 19.5 Å². The fraction of sp³-hybridized carbons (Fsp3) is 1.00. The molecular formula is C6H15N3. The molecule has 0 saturated carbocycles. The maximum absolute atomic E-state index is 5.70. The van der Waals surface area contributed by atoms with Crippen LogP contribution in [0, 0.1) is 0 Å². The first-order valence-electron chi connectivity index (χ1n) is 3.46. The van der Waals surface area contributed by atoms with Crippen molar-refractivity contribution in [2.24, 2.45) is 5.73 Å². The summed E-state index contributed by atoms with van der Waals surface area (Å²) < 4.78 is 0. The SMILES string of the molecule is CNC1CNCC(N)C1. The fourth-order valence-electron chi connectivity index (χ4n) is 1.19. The molecule has 2 atom stereocenters. The van der Waals surface area contributed by atoms with Crippen LogP contribution in [0.1, 0.15) is 6.42 Å². The first-order chi connectivity index (χ1) is 4.33. The van der Waals surface area contributed by atoms with Gasteiger partial charge in [0.25, 0.3) is 0 Å². The van der Waals surface area contributed by atoms with Crippen LogP contribution in [0.4, 0.5) is 0 Å². The van der Waals surface area contributed by atoms with Crippen LogP contribution in [0.25, 0.3) is 0 Å². The molecular weight excluding hydrogens is 114 g/mol. The molecule has 0 amide bonds. The molecule has 1 aliphatic heterocycles. The van der Waals surface area contributed by atoms with Crippen LogP contribution in [0.3, 0.4) is 0 Å². The van der Waals surface area contributed by atoms with Crippen molar-refractivity contribution in [2.75, 3.05) is 20.1 Å². The predicted molar refractivity (Wildman–Crippen MR) is 38.3 cm³/mol. The zero-order chi connectivity index (χ0) is 6.69. The predicted octanol–water partition coefficient (Wildman–Crippen LogP) is -1.10. The Morgan fingerprint density at radius 2 is 2.33 bits per heavy atom. The quantitative estimate of drug-likeness (QED) is 0.421. The van der Waals surface area contributed by atoms with Crippen molar-refractivity contribution >= 4 is 0 Å². The molecule has 1 heterocycles. The standard InChI is InChI=1S/C6H15N3/c1-8-6-2-5(7)3-9-4-6/h5-6,8-9H,2-4,7H2,1H3. The molecule has 1 aliphatic rings. The molecule has 1 saturated heterocycles. The van der Waals surface area contributed by atoms with Gasteiger partial charge in [0.05, 0.1) is 0 Å². The van der Waals surface area contributed by atoms with Crippen molar-refractivity contribution in [1.82, 2.24) is 10.6 Å². The Bertz CT molecular complexity index is 84.4. The van der Waals surface area contributed by atoms with Crippen molar-refractivity contribution in [1.29, 1.82) is 0 Å². The summed E-state index contributed by atoms with van der Waals surface area (Å²) in [7, 11) is 1.98. The molecule has 3 nitrogen and oxygen atoms in total. The highest BCUT2D eigenvalue weighted by Crippen LogP contribution is 1.98. The van der Waals surface area contributed by atoms with Gasteiger partial charge in [-0.2, -0.15) is 0 Å². The monoisotopic (exact) mass is 129 g/mol. The number of hydrogen-bond acceptors (Lipinski definition) is 3. The zero-order valence-electron chi connectivity index (χ0n) is 5.85. The summed E-state index contributed by atoms with van der Waals surface area (Å²) in [6.07, 6.45) is 1.10. The Morgan fingerprint density at radius 1 is 1.56 bits per heavy atom. The summed E-state index contributed by atoms with van der Waals surface area (Å²) in [5, 5.41) is 6.44. The van der Waals surface area contributed by atoms with Gasteiger partial charge in [0.15, 0.2) is 0 Å². The van der Waals surface area contributed by atoms with Crippen molar-refractivity contribution < 1.29 is 0 Å². The van der Waals surface area contributed by atoms with Gasteiger partial charge in [-0.3, -0.25) is 0 Å². The number of likely N-dealkylation sites (N-methyl/N-ethyl adjacent to an activating group) is 1. The van der Waals surface area contributed by atoms with Crippen molar-refractivity contribution in [2.45, 2.75) is 18.5 Å². The van der Waals surface area contributed by atoms with Gasteiger partial charge in [0, 0.05) is 25.2 Å². The number of nitrogens with two attached hydrogens (primary N) is 1. The fourth-order valence-corrected chi connectivity index (χ4v) is 1.19. The van der Waals surface area contributed by atoms with Gasteiger partial charge in [-0.05, 0) is 13.5 Å². The van der Waals surface area contributed by atoms with E-state index in [0.29, 0.717) is 12.1 Å². The van der Waals surface area contributed by atoms with E-state index in [1.54, 1.807) is 0 Å². The van der Waals surface area contributed by atoms with Gasteiger partial charge in [0.1, 0.15) is 0 Å². The third-order valence-corrected chi connectivity index (χ3v) is 1.79. The smallest absolute Gasteiger partial charge is 0.0204 e. The molecule has 3 heteroatoms. The van der Waals surface area contributed by atoms with Crippen LogP contribution in [0.2, 0.25) is 0 Å². The summed E-state index contributed by atoms with van der Waals surface area (Å²) in [6, 6.07) is 0.921. The minimum Gasteiger partial charge on any atom is -0.326 e. The maximum Gasteiger partial charge on any atom is 0.0204 e. The highest BCUT2D eigenvalue weighted by molar-refractivity contribution is 4.81. The lowest BCUT2D eigenvalue weighted by atomic mass is 10.0. The second-order valence-corrected chi connectivity index (χ2v) is 2.64. The third kappa shape index (κ3) is 1.93. The zero-order valence-corrected chi connectivity index (χ0v) is 5.85. The maximum atomic E-state index is 5.70. The molecule has 4 N–H and O–H groups in total. The summed E-state index contributed by atoms with van der Waals surface area (Å²) in [5.41, 5.74) is 5.70. The van der Waals surface area contributed by atoms with E-state index in [2.05, 4.69) is 10.6 Å². The second kappa shape index (κ2) is 3.15. The minimum absolute atomic E-state index is 0.344. The van der Waals surface area contributed by atoms with Gasteiger partial charge < -0.3 is 16.4 Å². The van der Waals surface area contributed by atoms with E-state index in [1.807, 2.05) is 7.05 Å². The van der Waals surface area contributed by atoms with E-state index < -0.39 is 0 Å². The van der Waals surface area contributed by atoms with Crippen LogP contribution < -0.4 is 16.4 Å². The van der Waals surface area contributed by atoms with Crippen LogP contribution in [-0.2, 0) is 0 Å². The molecule has 0 radical (unpaired) electrons. The average Bonchev–Trinajstić information content (AvgIpc) is 1.88. The highest BCUT2D eigenvalue weighted by Gasteiger charge is 2.15. The van der Waals surface area contributed by atoms with Crippen LogP contribution >= 0.6 is 0 Å². The lowest BCUT2D eigenvalue weighted by Crippen LogP contribution is -2.50. The van der Waals surface area contributed by atoms with Gasteiger partial charge in [-0.25, -0.2) is 0 Å². The molecule has 0 aromatic rings. The first-order valence-corrected chi connectivity index (χ1v) is 3.46. The summed E-state index contributed by atoms with van der Waals surface area (Å²) >= 11 is 0. The average molecular weight is 129 g/mol. The second-order valence-electron chi connectivity index (χ2n) is 2.64. The van der Waals surface area contributed by atoms with E-state index in [1.165, 1.54) is 0 Å². The third-order valence-electron chi connectivity index (χ3n) is 1.79. The first kappa shape index (κ1) is 6.99. The van der Waals surface area contributed by atoms with Gasteiger partial charge >= 0.3 is 0 Å². The molecule has 54 valence electrons. The molecule has 0 aromatic heterocycles. The molecule has 0 spiro atoms. The normalized spacial score (nSPS) is 36.7. The Balaban J connectivity index is 2.23. The molecule has 1 fully saturated rings. The highest BCUT2D eigenvalue weighted by atomic mass is 15.0. The number of hydrogen-bond donors (Lipinski definition) is 3. The van der Waals surface area contributed by atoms with Crippen molar-refractivity contribution in [3.63, 3.8) is 0 Å². The molecule has 9 heavy (non-hydrogen) atoms. The minimum atomic E-state index is 0.344. The lowest BCUT2D eigenvalue weighted by molar-refractivity contribution is 0.373. The summed E-state index contributed by atoms with van der Waals surface area (Å²) in [6.45, 7) is 2.03. The number of piperidine rings is 1. The molecule has 0 aliphatic carbocycles. The Labute approximate surface area is 56.0 Å². The molecule has 2 unspecified atom stereocenters. The van der Waals surface area contributed by atoms with E-state index in [9.17, 15) is 0 Å². The number of nitrogens with one attached hydrogen (secondary N) is 2. The van der Waals surface area contributed by atoms with Gasteiger partial charge in [-0.1, -0.05) is 0 Å². The largest absolute Gasteiger partial charge is 0.326 e. The molecule has 0 bridgehead atoms. The Morgan fingerprint density at radius 3 is 2.78 bits per heavy atom. The van der Waals surface area contributed by atoms with Crippen molar-refractivity contribution in [3.8, 4) is 0 Å². The summed E-state index contributed by atoms with van der Waals surface area (Å²) in [4.78, 5) is 0. The van der Waals surface area contributed by atoms with Gasteiger partial charge in [-0.15, -0.1) is 0 Å². The Kier molecular flexibility index (Phi) is 2.45. The van der Waals surface area contributed by atoms with Gasteiger partial charge in [0.2, 0.25) is 0 Å². The van der Waals surface area contributed by atoms with Crippen LogP contribution in [-0.4, -0.2) is 32.2 Å². The topological polar surface area (TPSA) is 50.1 Å². The van der Waals surface area contributed by atoms with Crippen LogP contribution in [0.15, 0.2) is 0 Å².